The predicted octanol–water partition coefficient (Wildman–Crippen LogP) is 2.78. The van der Waals surface area contributed by atoms with Gasteiger partial charge >= 0.3 is 5.97 Å². The molecule has 2 rings (SSSR count). The van der Waals surface area contributed by atoms with Crippen molar-refractivity contribution in [3.8, 4) is 0 Å². The average Bonchev–Trinajstić information content (AvgIpc) is 2.56. The van der Waals surface area contributed by atoms with E-state index >= 15 is 0 Å². The minimum atomic E-state index is -0.725. The molecule has 23 heavy (non-hydrogen) atoms. The maximum absolute atomic E-state index is 12.1. The Balaban J connectivity index is 2.02. The zero-order valence-electron chi connectivity index (χ0n) is 12.8. The van der Waals surface area contributed by atoms with E-state index in [1.54, 1.807) is 12.1 Å². The summed E-state index contributed by atoms with van der Waals surface area (Å²) in [5.41, 5.74) is 1.78. The number of halogens is 1. The van der Waals surface area contributed by atoms with E-state index in [0.29, 0.717) is 11.4 Å². The summed E-state index contributed by atoms with van der Waals surface area (Å²) >= 11 is 5.85. The van der Waals surface area contributed by atoms with Crippen LogP contribution in [0.15, 0.2) is 54.6 Å². The van der Waals surface area contributed by atoms with E-state index in [-0.39, 0.29) is 12.3 Å². The Labute approximate surface area is 140 Å². The lowest BCUT2D eigenvalue weighted by Gasteiger charge is -2.16. The largest absolute Gasteiger partial charge is 0.467 e. The van der Waals surface area contributed by atoms with Gasteiger partial charge in [-0.1, -0.05) is 54.1 Å². The van der Waals surface area contributed by atoms with Crippen molar-refractivity contribution in [2.45, 2.75) is 18.9 Å². The van der Waals surface area contributed by atoms with Crippen LogP contribution in [-0.2, 0) is 27.2 Å². The quantitative estimate of drug-likeness (QED) is 0.828. The number of methoxy groups -OCH3 is 1. The van der Waals surface area contributed by atoms with Gasteiger partial charge in [-0.15, -0.1) is 0 Å². The number of esters is 1. The van der Waals surface area contributed by atoms with Gasteiger partial charge in [0.1, 0.15) is 6.04 Å². The smallest absolute Gasteiger partial charge is 0.328 e. The van der Waals surface area contributed by atoms with E-state index in [0.717, 1.165) is 11.1 Å². The molecule has 1 atom stereocenters. The summed E-state index contributed by atoms with van der Waals surface area (Å²) in [7, 11) is 1.31. The normalized spacial score (nSPS) is 11.6. The van der Waals surface area contributed by atoms with Gasteiger partial charge in [0, 0.05) is 11.4 Å². The number of hydrogen-bond donors (Lipinski definition) is 1. The Hall–Kier alpha value is -2.33. The highest BCUT2D eigenvalue weighted by atomic mass is 35.5. The fourth-order valence-electron chi connectivity index (χ4n) is 2.22. The van der Waals surface area contributed by atoms with Gasteiger partial charge in [0.2, 0.25) is 5.91 Å². The van der Waals surface area contributed by atoms with Crippen molar-refractivity contribution >= 4 is 23.5 Å². The van der Waals surface area contributed by atoms with Gasteiger partial charge in [-0.2, -0.15) is 0 Å². The first-order valence-corrected chi connectivity index (χ1v) is 7.62. The minimum absolute atomic E-state index is 0.217. The Morgan fingerprint density at radius 3 is 2.30 bits per heavy atom. The topological polar surface area (TPSA) is 55.4 Å². The molecule has 0 aliphatic carbocycles. The third kappa shape index (κ3) is 5.42. The van der Waals surface area contributed by atoms with Crippen LogP contribution in [0.2, 0.25) is 5.02 Å². The molecule has 0 aromatic heterocycles. The number of hydrogen-bond acceptors (Lipinski definition) is 3. The van der Waals surface area contributed by atoms with E-state index in [2.05, 4.69) is 5.32 Å². The van der Waals surface area contributed by atoms with E-state index in [9.17, 15) is 9.59 Å². The molecule has 5 heteroatoms. The number of ether oxygens (including phenoxy) is 1. The molecule has 1 N–H and O–H groups in total. The van der Waals surface area contributed by atoms with Crippen LogP contribution < -0.4 is 5.32 Å². The zero-order valence-corrected chi connectivity index (χ0v) is 13.5. The van der Waals surface area contributed by atoms with Crippen molar-refractivity contribution in [1.82, 2.24) is 5.32 Å². The molecule has 120 valence electrons. The highest BCUT2D eigenvalue weighted by molar-refractivity contribution is 6.30. The van der Waals surface area contributed by atoms with Crippen molar-refractivity contribution in [2.24, 2.45) is 0 Å². The summed E-state index contributed by atoms with van der Waals surface area (Å²) in [6.07, 6.45) is 0.569. The molecule has 0 unspecified atom stereocenters. The molecule has 0 aliphatic rings. The SMILES string of the molecule is COC(=O)[C@@H](Cc1ccc(Cl)cc1)NC(=O)Cc1ccccc1. The molecular formula is C18H18ClNO3. The van der Waals surface area contributed by atoms with Gasteiger partial charge in [0.15, 0.2) is 0 Å². The van der Waals surface area contributed by atoms with Crippen molar-refractivity contribution in [2.75, 3.05) is 7.11 Å². The Morgan fingerprint density at radius 1 is 1.04 bits per heavy atom. The molecule has 2 aromatic carbocycles. The second kappa shape index (κ2) is 8.34. The van der Waals surface area contributed by atoms with Gasteiger partial charge < -0.3 is 10.1 Å². The summed E-state index contributed by atoms with van der Waals surface area (Å²) in [5, 5.41) is 3.35. The molecule has 0 spiro atoms. The van der Waals surface area contributed by atoms with Crippen LogP contribution in [0.3, 0.4) is 0 Å². The summed E-state index contributed by atoms with van der Waals surface area (Å²) in [4.78, 5) is 24.1. The maximum Gasteiger partial charge on any atom is 0.328 e. The molecule has 0 heterocycles. The highest BCUT2D eigenvalue weighted by Crippen LogP contribution is 2.12. The van der Waals surface area contributed by atoms with Crippen LogP contribution in [0, 0.1) is 0 Å². The van der Waals surface area contributed by atoms with Crippen molar-refractivity contribution in [3.63, 3.8) is 0 Å². The molecule has 0 saturated heterocycles. The lowest BCUT2D eigenvalue weighted by atomic mass is 10.1. The van der Waals surface area contributed by atoms with Crippen molar-refractivity contribution in [1.29, 1.82) is 0 Å². The first kappa shape index (κ1) is 17.0. The maximum atomic E-state index is 12.1. The Morgan fingerprint density at radius 2 is 1.70 bits per heavy atom. The molecular weight excluding hydrogens is 314 g/mol. The lowest BCUT2D eigenvalue weighted by molar-refractivity contribution is -0.145. The van der Waals surface area contributed by atoms with Gasteiger partial charge in [-0.3, -0.25) is 4.79 Å². The van der Waals surface area contributed by atoms with E-state index in [1.807, 2.05) is 42.5 Å². The van der Waals surface area contributed by atoms with Crippen LogP contribution in [0.25, 0.3) is 0 Å². The summed E-state index contributed by atoms with van der Waals surface area (Å²) in [6.45, 7) is 0. The monoisotopic (exact) mass is 331 g/mol. The number of carbonyl (C=O) groups is 2. The zero-order chi connectivity index (χ0) is 16.7. The molecule has 2 aromatic rings. The predicted molar refractivity (Wildman–Crippen MR) is 89.2 cm³/mol. The fourth-order valence-corrected chi connectivity index (χ4v) is 2.34. The van der Waals surface area contributed by atoms with Crippen molar-refractivity contribution in [3.05, 3.63) is 70.7 Å². The van der Waals surface area contributed by atoms with E-state index in [1.165, 1.54) is 7.11 Å². The first-order chi connectivity index (χ1) is 11.1. The molecule has 0 fully saturated rings. The van der Waals surface area contributed by atoms with Crippen LogP contribution in [0.5, 0.6) is 0 Å². The van der Waals surface area contributed by atoms with Gasteiger partial charge in [0.25, 0.3) is 0 Å². The highest BCUT2D eigenvalue weighted by Gasteiger charge is 2.22. The van der Waals surface area contributed by atoms with Crippen LogP contribution >= 0.6 is 11.6 Å². The number of amides is 1. The number of rotatable bonds is 6. The van der Waals surface area contributed by atoms with Crippen LogP contribution in [0.1, 0.15) is 11.1 Å². The first-order valence-electron chi connectivity index (χ1n) is 7.24. The van der Waals surface area contributed by atoms with Gasteiger partial charge in [0.05, 0.1) is 13.5 Å². The molecule has 4 nitrogen and oxygen atoms in total. The fraction of sp³-hybridized carbons (Fsp3) is 0.222. The number of benzene rings is 2. The second-order valence-electron chi connectivity index (χ2n) is 5.14. The second-order valence-corrected chi connectivity index (χ2v) is 5.57. The van der Waals surface area contributed by atoms with Gasteiger partial charge in [-0.05, 0) is 23.3 Å². The lowest BCUT2D eigenvalue weighted by Crippen LogP contribution is -2.43. The summed E-state index contributed by atoms with van der Waals surface area (Å²) < 4.78 is 4.78. The summed E-state index contributed by atoms with van der Waals surface area (Å²) in [6, 6.07) is 15.8. The molecule has 1 amide bonds. The molecule has 0 bridgehead atoms. The minimum Gasteiger partial charge on any atom is -0.467 e. The third-order valence-electron chi connectivity index (χ3n) is 3.38. The molecule has 0 radical (unpaired) electrons. The van der Waals surface area contributed by atoms with Crippen molar-refractivity contribution < 1.29 is 14.3 Å². The Bertz CT molecular complexity index is 656. The number of nitrogens with one attached hydrogen (secondary N) is 1. The van der Waals surface area contributed by atoms with E-state index in [4.69, 9.17) is 16.3 Å². The van der Waals surface area contributed by atoms with Crippen LogP contribution in [0.4, 0.5) is 0 Å². The van der Waals surface area contributed by atoms with Crippen LogP contribution in [-0.4, -0.2) is 25.0 Å². The standard InChI is InChI=1S/C18H18ClNO3/c1-23-18(22)16(11-14-7-9-15(19)10-8-14)20-17(21)12-13-5-3-2-4-6-13/h2-10,16H,11-12H2,1H3,(H,20,21)/t16-/m1/s1. The molecule has 0 saturated carbocycles. The third-order valence-corrected chi connectivity index (χ3v) is 3.63. The number of carbonyl (C=O) groups excluding carboxylic acids is 2. The van der Waals surface area contributed by atoms with E-state index < -0.39 is 12.0 Å². The average molecular weight is 332 g/mol. The molecule has 0 aliphatic heterocycles. The summed E-state index contributed by atoms with van der Waals surface area (Å²) in [5.74, 6) is -0.693. The van der Waals surface area contributed by atoms with Gasteiger partial charge in [-0.25, -0.2) is 4.79 Å². The Kier molecular flexibility index (Phi) is 6.18.